The number of amides is 1. The zero-order chi connectivity index (χ0) is 15.4. The van der Waals surface area contributed by atoms with Gasteiger partial charge >= 0.3 is 0 Å². The molecule has 21 heavy (non-hydrogen) atoms. The number of nitrogen functional groups attached to an aromatic ring is 1. The summed E-state index contributed by atoms with van der Waals surface area (Å²) in [5.74, 6) is -0.110. The maximum absolute atomic E-state index is 12.0. The SMILES string of the molecule is CNC(=O)c1ccc(N)cc1N(C)Cc1cccc(C)c1. The van der Waals surface area contributed by atoms with Crippen LogP contribution in [0.3, 0.4) is 0 Å². The lowest BCUT2D eigenvalue weighted by Crippen LogP contribution is -2.24. The van der Waals surface area contributed by atoms with E-state index in [9.17, 15) is 4.79 Å². The number of benzene rings is 2. The Kier molecular flexibility index (Phi) is 4.48. The number of anilines is 2. The third-order valence-corrected chi connectivity index (χ3v) is 3.41. The lowest BCUT2D eigenvalue weighted by Gasteiger charge is -2.22. The van der Waals surface area contributed by atoms with Crippen molar-refractivity contribution in [3.05, 3.63) is 59.2 Å². The van der Waals surface area contributed by atoms with Crippen molar-refractivity contribution in [3.63, 3.8) is 0 Å². The van der Waals surface area contributed by atoms with Crippen LogP contribution in [0.4, 0.5) is 11.4 Å². The van der Waals surface area contributed by atoms with Gasteiger partial charge in [0.05, 0.1) is 11.3 Å². The van der Waals surface area contributed by atoms with E-state index in [0.717, 1.165) is 12.2 Å². The molecule has 3 N–H and O–H groups in total. The molecule has 0 heterocycles. The van der Waals surface area contributed by atoms with Gasteiger partial charge in [0.25, 0.3) is 5.91 Å². The van der Waals surface area contributed by atoms with Crippen LogP contribution < -0.4 is 16.0 Å². The van der Waals surface area contributed by atoms with Gasteiger partial charge in [0, 0.05) is 26.3 Å². The number of aryl methyl sites for hydroxylation is 1. The standard InChI is InChI=1S/C17H21N3O/c1-12-5-4-6-13(9-12)11-20(3)16-10-14(18)7-8-15(16)17(21)19-2/h4-10H,11,18H2,1-3H3,(H,19,21). The van der Waals surface area contributed by atoms with Gasteiger partial charge in [-0.15, -0.1) is 0 Å². The lowest BCUT2D eigenvalue weighted by molar-refractivity contribution is 0.0963. The molecule has 0 atom stereocenters. The van der Waals surface area contributed by atoms with Crippen molar-refractivity contribution in [1.82, 2.24) is 5.32 Å². The van der Waals surface area contributed by atoms with Crippen LogP contribution in [0.25, 0.3) is 0 Å². The van der Waals surface area contributed by atoms with E-state index in [4.69, 9.17) is 5.73 Å². The molecular weight excluding hydrogens is 262 g/mol. The largest absolute Gasteiger partial charge is 0.399 e. The fourth-order valence-electron chi connectivity index (χ4n) is 2.36. The van der Waals surface area contributed by atoms with Crippen molar-refractivity contribution >= 4 is 17.3 Å². The third kappa shape index (κ3) is 3.54. The number of hydrogen-bond donors (Lipinski definition) is 2. The summed E-state index contributed by atoms with van der Waals surface area (Å²) in [5, 5.41) is 2.66. The fraction of sp³-hybridized carbons (Fsp3) is 0.235. The minimum atomic E-state index is -0.110. The van der Waals surface area contributed by atoms with E-state index in [2.05, 4.69) is 30.4 Å². The van der Waals surface area contributed by atoms with Gasteiger partial charge in [0.15, 0.2) is 0 Å². The Labute approximate surface area is 125 Å². The molecule has 2 aromatic carbocycles. The first-order valence-electron chi connectivity index (χ1n) is 6.89. The summed E-state index contributed by atoms with van der Waals surface area (Å²) >= 11 is 0. The number of nitrogens with zero attached hydrogens (tertiary/aromatic N) is 1. The van der Waals surface area contributed by atoms with Gasteiger partial charge in [-0.3, -0.25) is 4.79 Å². The summed E-state index contributed by atoms with van der Waals surface area (Å²) in [7, 11) is 3.59. The Hall–Kier alpha value is -2.49. The van der Waals surface area contributed by atoms with Crippen molar-refractivity contribution in [2.24, 2.45) is 0 Å². The highest BCUT2D eigenvalue weighted by atomic mass is 16.1. The van der Waals surface area contributed by atoms with Crippen LogP contribution in [0.5, 0.6) is 0 Å². The molecule has 0 aromatic heterocycles. The summed E-state index contributed by atoms with van der Waals surface area (Å²) in [6, 6.07) is 13.7. The van der Waals surface area contributed by atoms with Gasteiger partial charge in [-0.25, -0.2) is 0 Å². The molecule has 0 aliphatic heterocycles. The lowest BCUT2D eigenvalue weighted by atomic mass is 10.1. The summed E-state index contributed by atoms with van der Waals surface area (Å²) in [6.07, 6.45) is 0. The Morgan fingerprint density at radius 2 is 2.00 bits per heavy atom. The van der Waals surface area contributed by atoms with Crippen LogP contribution >= 0.6 is 0 Å². The maximum atomic E-state index is 12.0. The molecule has 4 nitrogen and oxygen atoms in total. The number of nitrogens with one attached hydrogen (secondary N) is 1. The van der Waals surface area contributed by atoms with E-state index in [1.54, 1.807) is 19.2 Å². The molecule has 1 amide bonds. The third-order valence-electron chi connectivity index (χ3n) is 3.41. The maximum Gasteiger partial charge on any atom is 0.253 e. The Morgan fingerprint density at radius 3 is 2.67 bits per heavy atom. The second kappa shape index (κ2) is 6.31. The van der Waals surface area contributed by atoms with Gasteiger partial charge < -0.3 is 16.0 Å². The summed E-state index contributed by atoms with van der Waals surface area (Å²) < 4.78 is 0. The second-order valence-electron chi connectivity index (χ2n) is 5.20. The normalized spacial score (nSPS) is 10.2. The monoisotopic (exact) mass is 283 g/mol. The molecule has 4 heteroatoms. The Bertz CT molecular complexity index is 652. The zero-order valence-corrected chi connectivity index (χ0v) is 12.7. The van der Waals surface area contributed by atoms with Crippen LogP contribution in [-0.4, -0.2) is 20.0 Å². The summed E-state index contributed by atoms with van der Waals surface area (Å²) in [6.45, 7) is 2.79. The molecule has 0 aliphatic rings. The highest BCUT2D eigenvalue weighted by Gasteiger charge is 2.14. The number of nitrogens with two attached hydrogens (primary N) is 1. The highest BCUT2D eigenvalue weighted by molar-refractivity contribution is 6.00. The first-order valence-corrected chi connectivity index (χ1v) is 6.89. The quantitative estimate of drug-likeness (QED) is 0.848. The van der Waals surface area contributed by atoms with Gasteiger partial charge in [0.1, 0.15) is 0 Å². The Morgan fingerprint density at radius 1 is 1.24 bits per heavy atom. The average Bonchev–Trinajstić information content (AvgIpc) is 2.46. The predicted octanol–water partition coefficient (Wildman–Crippen LogP) is 2.57. The zero-order valence-electron chi connectivity index (χ0n) is 12.7. The van der Waals surface area contributed by atoms with Crippen LogP contribution in [-0.2, 0) is 6.54 Å². The van der Waals surface area contributed by atoms with Gasteiger partial charge in [-0.05, 0) is 30.7 Å². The average molecular weight is 283 g/mol. The Balaban J connectivity index is 2.31. The van der Waals surface area contributed by atoms with Crippen molar-refractivity contribution in [3.8, 4) is 0 Å². The minimum absolute atomic E-state index is 0.110. The molecule has 110 valence electrons. The first kappa shape index (κ1) is 14.9. The van der Waals surface area contributed by atoms with Crippen LogP contribution in [0, 0.1) is 6.92 Å². The molecule has 0 fully saturated rings. The smallest absolute Gasteiger partial charge is 0.253 e. The fourth-order valence-corrected chi connectivity index (χ4v) is 2.36. The molecule has 0 unspecified atom stereocenters. The van der Waals surface area contributed by atoms with E-state index < -0.39 is 0 Å². The van der Waals surface area contributed by atoms with Crippen molar-refractivity contribution in [2.75, 3.05) is 24.7 Å². The van der Waals surface area contributed by atoms with Crippen LogP contribution in [0.2, 0.25) is 0 Å². The molecule has 0 spiro atoms. The van der Waals surface area contributed by atoms with Gasteiger partial charge in [0.2, 0.25) is 0 Å². The van der Waals surface area contributed by atoms with Crippen LogP contribution in [0.15, 0.2) is 42.5 Å². The molecule has 0 radical (unpaired) electrons. The van der Waals surface area contributed by atoms with Gasteiger partial charge in [-0.1, -0.05) is 29.8 Å². The number of rotatable bonds is 4. The van der Waals surface area contributed by atoms with E-state index >= 15 is 0 Å². The number of carbonyl (C=O) groups is 1. The van der Waals surface area contributed by atoms with Crippen molar-refractivity contribution < 1.29 is 4.79 Å². The summed E-state index contributed by atoms with van der Waals surface area (Å²) in [4.78, 5) is 14.0. The molecule has 0 saturated carbocycles. The van der Waals surface area contributed by atoms with E-state index in [1.165, 1.54) is 11.1 Å². The molecule has 0 saturated heterocycles. The highest BCUT2D eigenvalue weighted by Crippen LogP contribution is 2.24. The number of carbonyl (C=O) groups excluding carboxylic acids is 1. The first-order chi connectivity index (χ1) is 10.0. The van der Waals surface area contributed by atoms with E-state index in [0.29, 0.717) is 11.3 Å². The molecule has 2 rings (SSSR count). The second-order valence-corrected chi connectivity index (χ2v) is 5.20. The molecule has 2 aromatic rings. The van der Waals surface area contributed by atoms with Crippen molar-refractivity contribution in [1.29, 1.82) is 0 Å². The van der Waals surface area contributed by atoms with Crippen LogP contribution in [0.1, 0.15) is 21.5 Å². The van der Waals surface area contributed by atoms with Gasteiger partial charge in [-0.2, -0.15) is 0 Å². The molecular formula is C17H21N3O. The summed E-state index contributed by atoms with van der Waals surface area (Å²) in [5.41, 5.74) is 10.4. The van der Waals surface area contributed by atoms with E-state index in [-0.39, 0.29) is 5.91 Å². The number of hydrogen-bond acceptors (Lipinski definition) is 3. The molecule has 0 aliphatic carbocycles. The minimum Gasteiger partial charge on any atom is -0.399 e. The van der Waals surface area contributed by atoms with E-state index in [1.807, 2.05) is 24.1 Å². The predicted molar refractivity (Wildman–Crippen MR) is 87.5 cm³/mol. The van der Waals surface area contributed by atoms with Crippen molar-refractivity contribution in [2.45, 2.75) is 13.5 Å². The topological polar surface area (TPSA) is 58.4 Å². The molecule has 0 bridgehead atoms.